The fourth-order valence-electron chi connectivity index (χ4n) is 4.69. The van der Waals surface area contributed by atoms with Crippen LogP contribution in [-0.2, 0) is 4.79 Å². The number of imidazole rings is 1. The monoisotopic (exact) mass is 612 g/mol. The number of aromatic nitrogens is 3. The fourth-order valence-corrected chi connectivity index (χ4v) is 5.64. The van der Waals surface area contributed by atoms with E-state index in [9.17, 15) is 18.0 Å². The number of rotatable bonds is 5. The summed E-state index contributed by atoms with van der Waals surface area (Å²) >= 11 is 1.40. The highest BCUT2D eigenvalue weighted by Gasteiger charge is 2.38. The van der Waals surface area contributed by atoms with Gasteiger partial charge in [0.1, 0.15) is 11.2 Å². The van der Waals surface area contributed by atoms with Crippen LogP contribution in [-0.4, -0.2) is 76.9 Å². The number of hydrogen-bond acceptors (Lipinski definition) is 9. The van der Waals surface area contributed by atoms with Crippen molar-refractivity contribution in [3.8, 4) is 10.9 Å². The average molecular weight is 613 g/mol. The number of carboxylic acid groups (broad SMARTS) is 1. The molecular formula is C26H28F4N6O5S. The number of halogens is 4. The second kappa shape index (κ2) is 12.0. The second-order valence-corrected chi connectivity index (χ2v) is 10.6. The van der Waals surface area contributed by atoms with E-state index in [0.29, 0.717) is 34.1 Å². The minimum atomic E-state index is -5.08. The number of nitrogens with zero attached hydrogens (tertiary/aromatic N) is 4. The number of aliphatic carboxylic acids is 1. The number of piperazine rings is 1. The van der Waals surface area contributed by atoms with Crippen molar-refractivity contribution in [2.75, 3.05) is 37.5 Å². The highest BCUT2D eigenvalue weighted by atomic mass is 32.1. The maximum absolute atomic E-state index is 15.0. The van der Waals surface area contributed by atoms with E-state index in [4.69, 9.17) is 19.4 Å². The molecule has 0 radical (unpaired) electrons. The molecule has 0 unspecified atom stereocenters. The molecule has 3 aromatic heterocycles. The topological polar surface area (TPSA) is 130 Å². The third kappa shape index (κ3) is 6.33. The Morgan fingerprint density at radius 3 is 2.33 bits per heavy atom. The molecule has 16 heteroatoms. The van der Waals surface area contributed by atoms with Gasteiger partial charge in [0.05, 0.1) is 35.9 Å². The third-order valence-electron chi connectivity index (χ3n) is 6.28. The number of nitrogens with one attached hydrogen (secondary N) is 2. The van der Waals surface area contributed by atoms with Crippen molar-refractivity contribution in [1.82, 2.24) is 19.7 Å². The minimum absolute atomic E-state index is 0.0797. The van der Waals surface area contributed by atoms with Crippen molar-refractivity contribution in [2.24, 2.45) is 0 Å². The Balaban J connectivity index is 0.000000517. The van der Waals surface area contributed by atoms with E-state index in [1.54, 1.807) is 32.5 Å². The average Bonchev–Trinajstić information content (AvgIpc) is 3.50. The number of alkyl halides is 3. The molecule has 4 aromatic rings. The lowest BCUT2D eigenvalue weighted by molar-refractivity contribution is -0.192. The Labute approximate surface area is 241 Å². The van der Waals surface area contributed by atoms with Gasteiger partial charge in [-0.3, -0.25) is 4.79 Å². The SMILES string of the molecule is COc1nc2c(C(=O)Nc3cn4cc(C)nc4c(F)c3OC)ccc(N3C[C@H](C)N[C@@H](C)C3)c2s1.O=C(O)C(F)(F)F. The number of thiazole rings is 1. The van der Waals surface area contributed by atoms with Crippen LogP contribution >= 0.6 is 11.3 Å². The molecule has 2 atom stereocenters. The van der Waals surface area contributed by atoms with Gasteiger partial charge in [-0.1, -0.05) is 11.3 Å². The normalized spacial score (nSPS) is 17.1. The number of fused-ring (bicyclic) bond motifs is 2. The molecular weight excluding hydrogens is 584 g/mol. The zero-order chi connectivity index (χ0) is 30.9. The first-order valence-electron chi connectivity index (χ1n) is 12.5. The molecule has 0 spiro atoms. The number of ether oxygens (including phenoxy) is 2. The van der Waals surface area contributed by atoms with E-state index in [-0.39, 0.29) is 17.1 Å². The van der Waals surface area contributed by atoms with Crippen molar-refractivity contribution < 1.29 is 41.7 Å². The lowest BCUT2D eigenvalue weighted by Gasteiger charge is -2.37. The number of hydrogen-bond donors (Lipinski definition) is 3. The van der Waals surface area contributed by atoms with Gasteiger partial charge in [0.15, 0.2) is 11.4 Å². The molecule has 0 aliphatic carbocycles. The van der Waals surface area contributed by atoms with Crippen molar-refractivity contribution >= 4 is 50.5 Å². The molecule has 0 saturated carbocycles. The molecule has 0 bridgehead atoms. The van der Waals surface area contributed by atoms with E-state index < -0.39 is 23.9 Å². The lowest BCUT2D eigenvalue weighted by Crippen LogP contribution is -2.54. The molecule has 11 nitrogen and oxygen atoms in total. The van der Waals surface area contributed by atoms with Crippen molar-refractivity contribution in [3.63, 3.8) is 0 Å². The summed E-state index contributed by atoms with van der Waals surface area (Å²) in [4.78, 5) is 33.4. The molecule has 42 heavy (non-hydrogen) atoms. The number of anilines is 2. The van der Waals surface area contributed by atoms with E-state index in [0.717, 1.165) is 23.5 Å². The van der Waals surface area contributed by atoms with E-state index in [1.165, 1.54) is 22.8 Å². The van der Waals surface area contributed by atoms with Crippen LogP contribution < -0.4 is 25.0 Å². The number of aryl methyl sites for hydroxylation is 1. The van der Waals surface area contributed by atoms with E-state index in [1.807, 2.05) is 6.07 Å². The van der Waals surface area contributed by atoms with Crippen LogP contribution in [0.5, 0.6) is 10.9 Å². The molecule has 4 heterocycles. The van der Waals surface area contributed by atoms with Crippen LogP contribution in [0.4, 0.5) is 28.9 Å². The summed E-state index contributed by atoms with van der Waals surface area (Å²) in [5.74, 6) is -3.90. The first-order valence-corrected chi connectivity index (χ1v) is 13.4. The number of carboxylic acids is 1. The van der Waals surface area contributed by atoms with Crippen molar-refractivity contribution in [3.05, 3.63) is 41.6 Å². The number of carbonyl (C=O) groups excluding carboxylic acids is 1. The van der Waals surface area contributed by atoms with Crippen molar-refractivity contribution in [2.45, 2.75) is 39.0 Å². The Bertz CT molecular complexity index is 1630. The number of carbonyl (C=O) groups is 2. The molecule has 226 valence electrons. The van der Waals surface area contributed by atoms with Crippen LogP contribution in [0.25, 0.3) is 15.9 Å². The molecule has 1 saturated heterocycles. The van der Waals surface area contributed by atoms with Gasteiger partial charge >= 0.3 is 12.1 Å². The summed E-state index contributed by atoms with van der Waals surface area (Å²) in [6.45, 7) is 7.75. The number of methoxy groups -OCH3 is 2. The Morgan fingerprint density at radius 2 is 1.76 bits per heavy atom. The molecule has 1 aromatic carbocycles. The smallest absolute Gasteiger partial charge is 0.490 e. The van der Waals surface area contributed by atoms with Crippen LogP contribution in [0.3, 0.4) is 0 Å². The highest BCUT2D eigenvalue weighted by molar-refractivity contribution is 7.21. The minimum Gasteiger partial charge on any atom is -0.491 e. The van der Waals surface area contributed by atoms with Crippen LogP contribution in [0.15, 0.2) is 24.5 Å². The number of pyridine rings is 1. The summed E-state index contributed by atoms with van der Waals surface area (Å²) in [5, 5.41) is 13.9. The Morgan fingerprint density at radius 1 is 1.12 bits per heavy atom. The van der Waals surface area contributed by atoms with Gasteiger partial charge in [0.2, 0.25) is 5.82 Å². The van der Waals surface area contributed by atoms with Gasteiger partial charge in [-0.05, 0) is 32.9 Å². The lowest BCUT2D eigenvalue weighted by atomic mass is 10.1. The second-order valence-electron chi connectivity index (χ2n) is 9.63. The number of benzene rings is 1. The van der Waals surface area contributed by atoms with Crippen molar-refractivity contribution in [1.29, 1.82) is 0 Å². The molecule has 3 N–H and O–H groups in total. The molecule has 5 rings (SSSR count). The predicted molar refractivity (Wildman–Crippen MR) is 149 cm³/mol. The highest BCUT2D eigenvalue weighted by Crippen LogP contribution is 2.39. The third-order valence-corrected chi connectivity index (χ3v) is 7.32. The first kappa shape index (κ1) is 30.8. The Hall–Kier alpha value is -4.18. The van der Waals surface area contributed by atoms with Gasteiger partial charge in [-0.2, -0.15) is 17.6 Å². The summed E-state index contributed by atoms with van der Waals surface area (Å²) in [6, 6.07) is 4.36. The van der Waals surface area contributed by atoms with Crippen LogP contribution in [0.2, 0.25) is 0 Å². The fraction of sp³-hybridized carbons (Fsp3) is 0.385. The Kier molecular flexibility index (Phi) is 8.77. The van der Waals surface area contributed by atoms with Gasteiger partial charge in [0, 0.05) is 37.6 Å². The van der Waals surface area contributed by atoms with Crippen LogP contribution in [0.1, 0.15) is 29.9 Å². The van der Waals surface area contributed by atoms with Gasteiger partial charge in [-0.15, -0.1) is 0 Å². The summed E-state index contributed by atoms with van der Waals surface area (Å²) < 4.78 is 59.8. The molecule has 1 aliphatic rings. The summed E-state index contributed by atoms with van der Waals surface area (Å²) in [7, 11) is 2.91. The molecule has 1 aliphatic heterocycles. The van der Waals surface area contributed by atoms with Crippen LogP contribution in [0, 0.1) is 12.7 Å². The maximum atomic E-state index is 15.0. The van der Waals surface area contributed by atoms with E-state index >= 15 is 4.39 Å². The largest absolute Gasteiger partial charge is 0.491 e. The van der Waals surface area contributed by atoms with Gasteiger partial charge < -0.3 is 34.5 Å². The maximum Gasteiger partial charge on any atom is 0.490 e. The quantitative estimate of drug-likeness (QED) is 0.279. The zero-order valence-corrected chi connectivity index (χ0v) is 24.0. The first-order chi connectivity index (χ1) is 19.7. The molecule has 1 fully saturated rings. The summed E-state index contributed by atoms with van der Waals surface area (Å²) in [6.07, 6.45) is -1.81. The number of amides is 1. The summed E-state index contributed by atoms with van der Waals surface area (Å²) in [5.41, 5.74) is 2.90. The van der Waals surface area contributed by atoms with E-state index in [2.05, 4.69) is 39.3 Å². The van der Waals surface area contributed by atoms with Gasteiger partial charge in [0.25, 0.3) is 11.1 Å². The predicted octanol–water partition coefficient (Wildman–Crippen LogP) is 4.48. The zero-order valence-electron chi connectivity index (χ0n) is 23.2. The standard InChI is InChI=1S/C24H27FN6O3S.C2HF3O2/c1-12-8-30(9-13(2)26-12)17-7-6-15(19-21(17)35-24(29-19)34-5)23(32)28-16-11-31-10-14(3)27-22(31)18(25)20(16)33-4;3-2(4,5)1(6)7/h6-7,10-13,26H,8-9H2,1-5H3,(H,28,32);(H,6,7)/t12-,13-;/m0./s1. The van der Waals surface area contributed by atoms with Gasteiger partial charge in [-0.25, -0.2) is 14.8 Å². The molecule has 1 amide bonds.